The van der Waals surface area contributed by atoms with Gasteiger partial charge in [-0.05, 0) is 69.3 Å². The Labute approximate surface area is 169 Å². The molecule has 2 atom stereocenters. The first kappa shape index (κ1) is 19.6. The summed E-state index contributed by atoms with van der Waals surface area (Å²) >= 11 is 0. The van der Waals surface area contributed by atoms with E-state index in [2.05, 4.69) is 16.0 Å². The van der Waals surface area contributed by atoms with Crippen LogP contribution in [0.15, 0.2) is 18.2 Å². The van der Waals surface area contributed by atoms with Crippen molar-refractivity contribution in [1.29, 1.82) is 0 Å². The van der Waals surface area contributed by atoms with Gasteiger partial charge >= 0.3 is 0 Å². The highest BCUT2D eigenvalue weighted by atomic mass is 16.2. The summed E-state index contributed by atoms with van der Waals surface area (Å²) in [5, 5.41) is 8.99. The minimum absolute atomic E-state index is 0.118. The number of rotatable bonds is 5. The molecule has 0 saturated carbocycles. The van der Waals surface area contributed by atoms with E-state index in [9.17, 15) is 19.2 Å². The van der Waals surface area contributed by atoms with Crippen LogP contribution in [0, 0.1) is 5.92 Å². The smallest absolute Gasteiger partial charge is 0.262 e. The number of hydrogen-bond acceptors (Lipinski definition) is 6. The number of benzene rings is 1. The van der Waals surface area contributed by atoms with Crippen molar-refractivity contribution in [2.75, 3.05) is 25.0 Å². The van der Waals surface area contributed by atoms with E-state index in [0.29, 0.717) is 17.0 Å². The summed E-state index contributed by atoms with van der Waals surface area (Å²) in [6.45, 7) is 2.97. The van der Waals surface area contributed by atoms with Gasteiger partial charge in [0.25, 0.3) is 11.8 Å². The first-order valence-electron chi connectivity index (χ1n) is 10.3. The van der Waals surface area contributed by atoms with E-state index in [4.69, 9.17) is 0 Å². The molecule has 2 saturated heterocycles. The first-order chi connectivity index (χ1) is 14.0. The third-order valence-electron chi connectivity index (χ3n) is 6.02. The maximum absolute atomic E-state index is 12.9. The zero-order valence-electron chi connectivity index (χ0n) is 16.3. The van der Waals surface area contributed by atoms with Crippen LogP contribution in [-0.4, -0.2) is 54.2 Å². The van der Waals surface area contributed by atoms with Gasteiger partial charge in [0.1, 0.15) is 6.04 Å². The Morgan fingerprint density at radius 2 is 1.83 bits per heavy atom. The fraction of sp³-hybridized carbons (Fsp3) is 0.524. The zero-order chi connectivity index (χ0) is 20.4. The average Bonchev–Trinajstić information content (AvgIpc) is 2.87. The van der Waals surface area contributed by atoms with Crippen LogP contribution < -0.4 is 16.0 Å². The van der Waals surface area contributed by atoms with Crippen molar-refractivity contribution in [2.24, 2.45) is 5.92 Å². The molecule has 1 aromatic rings. The number of anilines is 1. The quantitative estimate of drug-likeness (QED) is 0.645. The number of fused-ring (bicyclic) bond motifs is 1. The molecule has 3 N–H and O–H groups in total. The summed E-state index contributed by atoms with van der Waals surface area (Å²) in [5.74, 6) is -1.22. The van der Waals surface area contributed by atoms with Crippen molar-refractivity contribution in [3.63, 3.8) is 0 Å². The highest BCUT2D eigenvalue weighted by molar-refractivity contribution is 6.23. The molecule has 1 aromatic carbocycles. The molecule has 0 aromatic heterocycles. The van der Waals surface area contributed by atoms with Crippen LogP contribution in [0.1, 0.15) is 59.2 Å². The lowest BCUT2D eigenvalue weighted by atomic mass is 9.97. The van der Waals surface area contributed by atoms with E-state index in [1.54, 1.807) is 18.2 Å². The molecule has 0 aliphatic carbocycles. The largest absolute Gasteiger partial charge is 0.385 e. The van der Waals surface area contributed by atoms with Crippen LogP contribution >= 0.6 is 0 Å². The Hall–Kier alpha value is -2.74. The van der Waals surface area contributed by atoms with E-state index in [-0.39, 0.29) is 18.7 Å². The monoisotopic (exact) mass is 398 g/mol. The van der Waals surface area contributed by atoms with E-state index < -0.39 is 23.8 Å². The summed E-state index contributed by atoms with van der Waals surface area (Å²) in [5.41, 5.74) is 1.41. The summed E-state index contributed by atoms with van der Waals surface area (Å²) in [6.07, 6.45) is 4.96. The Morgan fingerprint density at radius 3 is 2.66 bits per heavy atom. The standard InChI is InChI=1S/C21H26N4O4/c26-18-6-5-17(19(27)24-18)25-20(28)15-4-3-14(12-16(15)21(25)29)23-11-8-13-2-1-9-22-10-7-13/h3-4,12-13,17,22-23H,1-2,5-11H2,(H,24,26,27). The number of nitrogens with one attached hydrogen (secondary N) is 3. The molecule has 154 valence electrons. The second-order valence-corrected chi connectivity index (χ2v) is 7.97. The van der Waals surface area contributed by atoms with Crippen molar-refractivity contribution >= 4 is 29.3 Å². The number of hydrogen-bond donors (Lipinski definition) is 3. The number of carbonyl (C=O) groups excluding carboxylic acids is 4. The molecule has 8 nitrogen and oxygen atoms in total. The summed E-state index contributed by atoms with van der Waals surface area (Å²) in [7, 11) is 0. The van der Waals surface area contributed by atoms with Crippen molar-refractivity contribution in [3.05, 3.63) is 29.3 Å². The van der Waals surface area contributed by atoms with Gasteiger partial charge in [0, 0.05) is 18.7 Å². The highest BCUT2D eigenvalue weighted by Gasteiger charge is 2.44. The third kappa shape index (κ3) is 4.03. The molecule has 2 fully saturated rings. The highest BCUT2D eigenvalue weighted by Crippen LogP contribution is 2.29. The topological polar surface area (TPSA) is 108 Å². The van der Waals surface area contributed by atoms with Crippen LogP contribution in [0.2, 0.25) is 0 Å². The Bertz CT molecular complexity index is 845. The van der Waals surface area contributed by atoms with Gasteiger partial charge in [-0.3, -0.25) is 29.4 Å². The van der Waals surface area contributed by atoms with Crippen LogP contribution in [0.4, 0.5) is 5.69 Å². The molecule has 3 aliphatic heterocycles. The van der Waals surface area contributed by atoms with Crippen LogP contribution in [0.3, 0.4) is 0 Å². The van der Waals surface area contributed by atoms with Gasteiger partial charge in [0.15, 0.2) is 0 Å². The van der Waals surface area contributed by atoms with E-state index in [1.165, 1.54) is 19.3 Å². The Morgan fingerprint density at radius 1 is 1.00 bits per heavy atom. The van der Waals surface area contributed by atoms with Crippen molar-refractivity contribution < 1.29 is 19.2 Å². The molecule has 29 heavy (non-hydrogen) atoms. The molecular weight excluding hydrogens is 372 g/mol. The average molecular weight is 398 g/mol. The van der Waals surface area contributed by atoms with Crippen LogP contribution in [0.5, 0.6) is 0 Å². The van der Waals surface area contributed by atoms with E-state index in [1.807, 2.05) is 0 Å². The minimum atomic E-state index is -0.930. The van der Waals surface area contributed by atoms with Crippen molar-refractivity contribution in [1.82, 2.24) is 15.5 Å². The number of imide groups is 2. The normalized spacial score (nSPS) is 24.9. The molecule has 8 heteroatoms. The lowest BCUT2D eigenvalue weighted by Gasteiger charge is -2.27. The van der Waals surface area contributed by atoms with Gasteiger partial charge in [-0.1, -0.05) is 0 Å². The molecule has 0 radical (unpaired) electrons. The number of carbonyl (C=O) groups is 4. The number of amides is 4. The van der Waals surface area contributed by atoms with E-state index >= 15 is 0 Å². The van der Waals surface area contributed by atoms with Gasteiger partial charge in [0.05, 0.1) is 11.1 Å². The lowest BCUT2D eigenvalue weighted by Crippen LogP contribution is -2.54. The SMILES string of the molecule is O=C1CCC(N2C(=O)c3ccc(NCCC4CCCNCC4)cc3C2=O)C(=O)N1. The number of piperidine rings is 1. The molecule has 4 rings (SSSR count). The Balaban J connectivity index is 1.41. The third-order valence-corrected chi connectivity index (χ3v) is 6.02. The Kier molecular flexibility index (Phi) is 5.62. The first-order valence-corrected chi connectivity index (χ1v) is 10.3. The summed E-state index contributed by atoms with van der Waals surface area (Å²) < 4.78 is 0. The second-order valence-electron chi connectivity index (χ2n) is 7.97. The van der Waals surface area contributed by atoms with Crippen LogP contribution in [0.25, 0.3) is 0 Å². The summed E-state index contributed by atoms with van der Waals surface area (Å²) in [6, 6.07) is 4.20. The maximum atomic E-state index is 12.9. The number of nitrogens with zero attached hydrogens (tertiary/aromatic N) is 1. The molecule has 3 aliphatic rings. The van der Waals surface area contributed by atoms with Gasteiger partial charge in [-0.2, -0.15) is 0 Å². The molecule has 4 amide bonds. The lowest BCUT2D eigenvalue weighted by molar-refractivity contribution is -0.136. The molecular formula is C21H26N4O4. The molecule has 0 bridgehead atoms. The van der Waals surface area contributed by atoms with Crippen molar-refractivity contribution in [3.8, 4) is 0 Å². The predicted octanol–water partition coefficient (Wildman–Crippen LogP) is 1.28. The molecule has 0 spiro atoms. The molecule has 2 unspecified atom stereocenters. The summed E-state index contributed by atoms with van der Waals surface area (Å²) in [4.78, 5) is 50.0. The predicted molar refractivity (Wildman–Crippen MR) is 106 cm³/mol. The second kappa shape index (κ2) is 8.32. The zero-order valence-corrected chi connectivity index (χ0v) is 16.3. The maximum Gasteiger partial charge on any atom is 0.262 e. The van der Waals surface area contributed by atoms with Gasteiger partial charge in [-0.25, -0.2) is 0 Å². The van der Waals surface area contributed by atoms with Gasteiger partial charge in [0.2, 0.25) is 11.8 Å². The molecule has 3 heterocycles. The van der Waals surface area contributed by atoms with E-state index in [0.717, 1.165) is 36.6 Å². The van der Waals surface area contributed by atoms with Crippen molar-refractivity contribution in [2.45, 2.75) is 44.6 Å². The van der Waals surface area contributed by atoms with Gasteiger partial charge < -0.3 is 10.6 Å². The van der Waals surface area contributed by atoms with Gasteiger partial charge in [-0.15, -0.1) is 0 Å². The fourth-order valence-electron chi connectivity index (χ4n) is 4.38. The van der Waals surface area contributed by atoms with Crippen LogP contribution in [-0.2, 0) is 9.59 Å². The fourth-order valence-corrected chi connectivity index (χ4v) is 4.38. The minimum Gasteiger partial charge on any atom is -0.385 e.